The van der Waals surface area contributed by atoms with E-state index in [0.29, 0.717) is 59.5 Å². The summed E-state index contributed by atoms with van der Waals surface area (Å²) >= 11 is 0. The van der Waals surface area contributed by atoms with Crippen molar-refractivity contribution in [2.45, 2.75) is 129 Å². The molecule has 0 bridgehead atoms. The zero-order valence-corrected chi connectivity index (χ0v) is 55.0. The van der Waals surface area contributed by atoms with Gasteiger partial charge in [-0.15, -0.1) is 0 Å². The number of hydrogen-bond donors (Lipinski definition) is 1. The number of carbonyl (C=O) groups excluding carboxylic acids is 2. The Morgan fingerprint density at radius 3 is 1.08 bits per heavy atom. The third kappa shape index (κ3) is 20.7. The molecule has 2 aliphatic rings. The van der Waals surface area contributed by atoms with Crippen molar-refractivity contribution >= 4 is 40.5 Å². The molecule has 0 amide bonds. The Labute approximate surface area is 561 Å². The summed E-state index contributed by atoms with van der Waals surface area (Å²) in [6.07, 6.45) is -3.47. The highest BCUT2D eigenvalue weighted by Gasteiger charge is 2.57. The Balaban J connectivity index is 0.000000185. The molecule has 0 aliphatic carbocycles. The van der Waals surface area contributed by atoms with Crippen LogP contribution in [0.2, 0.25) is 0 Å². The molecule has 1 N–H and O–H groups in total. The van der Waals surface area contributed by atoms with Crippen molar-refractivity contribution in [3.63, 3.8) is 0 Å². The molecule has 498 valence electrons. The smallest absolute Gasteiger partial charge is 0.331 e. The van der Waals surface area contributed by atoms with E-state index in [1.54, 1.807) is 12.7 Å². The normalized spacial score (nSPS) is 20.3. The summed E-state index contributed by atoms with van der Waals surface area (Å²) < 4.78 is 60.4. The first-order valence-corrected chi connectivity index (χ1v) is 34.0. The quantitative estimate of drug-likeness (QED) is 0.0367. The van der Waals surface area contributed by atoms with Crippen molar-refractivity contribution in [2.75, 3.05) is 26.4 Å². The van der Waals surface area contributed by atoms with Crippen LogP contribution in [0.4, 0.5) is 0 Å². The highest BCUT2D eigenvalue weighted by atomic mass is 31.2. The van der Waals surface area contributed by atoms with Crippen LogP contribution in [0.25, 0.3) is 0 Å². The molecule has 9 aromatic rings. The molecular weight excluding hydrogens is 1210 g/mol. The van der Waals surface area contributed by atoms with Gasteiger partial charge in [-0.25, -0.2) is 4.79 Å². The fourth-order valence-electron chi connectivity index (χ4n) is 11.5. The second-order valence-corrected chi connectivity index (χ2v) is 26.4. The molecule has 2 aliphatic heterocycles. The molecular formula is C81H91O13P. The number of ether oxygens (including phenoxy) is 10. The van der Waals surface area contributed by atoms with Crippen LogP contribution in [0.3, 0.4) is 0 Å². The molecule has 0 spiro atoms. The van der Waals surface area contributed by atoms with Gasteiger partial charge in [-0.1, -0.05) is 280 Å². The topological polar surface area (TPSA) is 147 Å². The average molecular weight is 1300 g/mol. The summed E-state index contributed by atoms with van der Waals surface area (Å²) in [5.74, 6) is 1.21. The minimum absolute atomic E-state index is 0. The Morgan fingerprint density at radius 1 is 0.421 bits per heavy atom. The van der Waals surface area contributed by atoms with Crippen LogP contribution in [0.15, 0.2) is 273 Å². The number of aliphatic hydroxyl groups excluding tert-OH is 1. The maximum Gasteiger partial charge on any atom is 0.331 e. The van der Waals surface area contributed by atoms with Gasteiger partial charge in [0.25, 0.3) is 0 Å². The second-order valence-electron chi connectivity index (χ2n) is 23.2. The van der Waals surface area contributed by atoms with Gasteiger partial charge >= 0.3 is 11.9 Å². The van der Waals surface area contributed by atoms with E-state index >= 15 is 0 Å². The number of benzene rings is 9. The largest absolute Gasteiger partial charge is 0.466 e. The van der Waals surface area contributed by atoms with Crippen molar-refractivity contribution in [3.8, 4) is 0 Å². The molecule has 13 nitrogen and oxygen atoms in total. The lowest BCUT2D eigenvalue weighted by molar-refractivity contribution is -0.203. The van der Waals surface area contributed by atoms with Crippen molar-refractivity contribution in [2.24, 2.45) is 0 Å². The first kappa shape index (κ1) is 72.7. The van der Waals surface area contributed by atoms with E-state index in [0.717, 1.165) is 49.3 Å². The summed E-state index contributed by atoms with van der Waals surface area (Å²) in [6.45, 7) is 8.87. The van der Waals surface area contributed by atoms with E-state index < -0.39 is 54.9 Å². The van der Waals surface area contributed by atoms with Gasteiger partial charge in [0.2, 0.25) is 0 Å². The Morgan fingerprint density at radius 2 is 0.726 bits per heavy atom. The van der Waals surface area contributed by atoms with Gasteiger partial charge in [0.05, 0.1) is 78.6 Å². The molecule has 0 saturated carbocycles. The number of hydrogen-bond acceptors (Lipinski definition) is 13. The SMILES string of the molecule is C.CCOC(=O)C=P(c1ccccc1)(c1ccccc1)c1ccccc1.CCOC(=O)CC1O[C@H](COCc2ccccc2)[C@@H](OCc2ccccc2)[C@@]1(C)OCc1ccccc1.C[C@]1(OCc2ccccc2)C(O)O[C@H](COCc2ccccc2)[C@H]1OCc1ccccc1. The third-order valence-electron chi connectivity index (χ3n) is 16.4. The van der Waals surface area contributed by atoms with Gasteiger partial charge < -0.3 is 52.5 Å². The summed E-state index contributed by atoms with van der Waals surface area (Å²) in [4.78, 5) is 25.1. The van der Waals surface area contributed by atoms with Crippen LogP contribution in [0, 0.1) is 0 Å². The minimum atomic E-state index is -2.24. The van der Waals surface area contributed by atoms with E-state index in [4.69, 9.17) is 47.4 Å². The first-order chi connectivity index (χ1) is 46.0. The van der Waals surface area contributed by atoms with Crippen LogP contribution in [-0.2, 0) is 96.6 Å². The lowest BCUT2D eigenvalue weighted by atomic mass is 9.90. The van der Waals surface area contributed by atoms with Gasteiger partial charge in [0.1, 0.15) is 35.6 Å². The molecule has 11 rings (SSSR count). The standard InChI is InChI=1S/C31H36O6.C27H30O5.C22H21O2P.CH4/c1-3-34-29(32)19-28-31(2,36-22-26-17-11-6-12-18-26)30(35-21-25-15-9-5-10-16-25)27(37-28)23-33-20-24-13-7-4-8-14-24;1-27(31-19-23-15-9-4-10-16-23)25(30-18-22-13-7-3-8-14-22)24(32-26(27)28)20-29-17-21-11-5-2-6-12-21;1-2-24-22(23)18-25(19-12-6-3-7-13-19,20-14-8-4-9-15-20)21-16-10-5-11-17-21;/h4-18,27-28,30H,3,19-23H2,1-2H3;2-16,24-26,28H,17-20H2,1H3;3-18H,2H2,1H3;1H4/t27-,28?,30-,31+;24-,25-,26?,27-;;/m11../s1. The number of esters is 2. The van der Waals surface area contributed by atoms with E-state index in [-0.39, 0.29) is 32.4 Å². The van der Waals surface area contributed by atoms with Gasteiger partial charge in [-0.05, 0) is 83.9 Å². The molecule has 2 saturated heterocycles. The zero-order valence-electron chi connectivity index (χ0n) is 54.1. The molecule has 2 fully saturated rings. The van der Waals surface area contributed by atoms with Gasteiger partial charge in [-0.2, -0.15) is 0 Å². The molecule has 9 aromatic carbocycles. The van der Waals surface area contributed by atoms with E-state index in [2.05, 4.69) is 36.4 Å². The van der Waals surface area contributed by atoms with Crippen molar-refractivity contribution in [3.05, 3.63) is 306 Å². The fraction of sp³-hybridized carbons (Fsp3) is 0.296. The number of carbonyl (C=O) groups is 2. The number of aliphatic hydroxyl groups is 1. The highest BCUT2D eigenvalue weighted by Crippen LogP contribution is 2.44. The fourth-order valence-corrected chi connectivity index (χ4v) is 15.1. The lowest BCUT2D eigenvalue weighted by Crippen LogP contribution is -2.50. The third-order valence-corrected chi connectivity index (χ3v) is 20.4. The van der Waals surface area contributed by atoms with E-state index in [1.165, 1.54) is 0 Å². The summed E-state index contributed by atoms with van der Waals surface area (Å²) in [6, 6.07) is 90.5. The van der Waals surface area contributed by atoms with Crippen molar-refractivity contribution in [1.29, 1.82) is 0 Å². The molecule has 2 heterocycles. The van der Waals surface area contributed by atoms with Gasteiger partial charge in [-0.3, -0.25) is 4.79 Å². The zero-order chi connectivity index (χ0) is 65.7. The van der Waals surface area contributed by atoms with Crippen molar-refractivity contribution < 1.29 is 62.1 Å². The minimum Gasteiger partial charge on any atom is -0.466 e. The molecule has 95 heavy (non-hydrogen) atoms. The predicted octanol–water partition coefficient (Wildman–Crippen LogP) is 13.9. The summed E-state index contributed by atoms with van der Waals surface area (Å²) in [7, 11) is 0. The van der Waals surface area contributed by atoms with Gasteiger partial charge in [0.15, 0.2) is 6.29 Å². The van der Waals surface area contributed by atoms with Crippen LogP contribution in [0.1, 0.15) is 74.9 Å². The summed E-state index contributed by atoms with van der Waals surface area (Å²) in [5, 5.41) is 14.2. The van der Waals surface area contributed by atoms with Crippen LogP contribution in [0.5, 0.6) is 0 Å². The van der Waals surface area contributed by atoms with Gasteiger partial charge in [0, 0.05) is 5.80 Å². The van der Waals surface area contributed by atoms with Crippen LogP contribution >= 0.6 is 6.89 Å². The van der Waals surface area contributed by atoms with Crippen LogP contribution < -0.4 is 15.9 Å². The van der Waals surface area contributed by atoms with E-state index in [1.807, 2.05) is 257 Å². The molecule has 8 atom stereocenters. The Kier molecular flexibility index (Phi) is 28.9. The average Bonchev–Trinajstić information content (AvgIpc) is 1.76. The molecule has 0 radical (unpaired) electrons. The van der Waals surface area contributed by atoms with Crippen molar-refractivity contribution in [1.82, 2.24) is 0 Å². The predicted molar refractivity (Wildman–Crippen MR) is 377 cm³/mol. The maximum absolute atomic E-state index is 12.5. The molecule has 0 aromatic heterocycles. The molecule has 2 unspecified atom stereocenters. The maximum atomic E-state index is 12.5. The first-order valence-electron chi connectivity index (χ1n) is 32.1. The number of rotatable bonds is 28. The second kappa shape index (κ2) is 37.8. The molecule has 14 heteroatoms. The summed E-state index contributed by atoms with van der Waals surface area (Å²) in [5.41, 5.74) is 4.36. The Hall–Kier alpha value is -8.14. The Bertz CT molecular complexity index is 3550. The van der Waals surface area contributed by atoms with Crippen LogP contribution in [-0.4, -0.2) is 97.3 Å². The highest BCUT2D eigenvalue weighted by molar-refractivity contribution is 7.95. The van der Waals surface area contributed by atoms with E-state index in [9.17, 15) is 14.7 Å². The monoisotopic (exact) mass is 1300 g/mol. The lowest BCUT2D eigenvalue weighted by Gasteiger charge is -2.35.